The van der Waals surface area contributed by atoms with Crippen LogP contribution in [0.3, 0.4) is 0 Å². The number of benzene rings is 2. The summed E-state index contributed by atoms with van der Waals surface area (Å²) >= 11 is 1.42. The zero-order valence-corrected chi connectivity index (χ0v) is 15.2. The van der Waals surface area contributed by atoms with Crippen molar-refractivity contribution in [1.82, 2.24) is 0 Å². The second kappa shape index (κ2) is 6.14. The maximum Gasteiger partial charge on any atom is 0.261 e. The summed E-state index contributed by atoms with van der Waals surface area (Å²) in [6, 6.07) is 10.2. The minimum absolute atomic E-state index is 0.120. The number of nitrogens with one attached hydrogen (secondary N) is 2. The third-order valence-corrected chi connectivity index (χ3v) is 6.51. The monoisotopic (exact) mass is 362 g/mol. The van der Waals surface area contributed by atoms with Crippen LogP contribution in [0.15, 0.2) is 46.2 Å². The second-order valence-corrected chi connectivity index (χ2v) is 8.88. The lowest BCUT2D eigenvalue weighted by Gasteiger charge is -2.22. The molecule has 2 aromatic carbocycles. The normalized spacial score (nSPS) is 17.1. The van der Waals surface area contributed by atoms with Crippen molar-refractivity contribution in [3.05, 3.63) is 47.5 Å². The van der Waals surface area contributed by atoms with Crippen molar-refractivity contribution in [1.29, 1.82) is 0 Å². The van der Waals surface area contributed by atoms with Gasteiger partial charge in [-0.15, -0.1) is 11.8 Å². The number of amides is 1. The van der Waals surface area contributed by atoms with E-state index in [4.69, 9.17) is 0 Å². The van der Waals surface area contributed by atoms with Gasteiger partial charge in [0, 0.05) is 10.6 Å². The Bertz CT molecular complexity index is 923. The molecule has 0 bridgehead atoms. The Kier molecular flexibility index (Phi) is 4.31. The number of fused-ring (bicyclic) bond motifs is 1. The third-order valence-electron chi connectivity index (χ3n) is 3.95. The molecule has 0 saturated heterocycles. The van der Waals surface area contributed by atoms with E-state index in [1.807, 2.05) is 26.8 Å². The first kappa shape index (κ1) is 16.9. The Labute approximate surface area is 145 Å². The number of carbonyl (C=O) groups excluding carboxylic acids is 1. The molecule has 0 unspecified atom stereocenters. The Morgan fingerprint density at radius 2 is 1.83 bits per heavy atom. The van der Waals surface area contributed by atoms with Gasteiger partial charge in [0.15, 0.2) is 0 Å². The van der Waals surface area contributed by atoms with Crippen LogP contribution in [0.4, 0.5) is 11.4 Å². The van der Waals surface area contributed by atoms with Crippen molar-refractivity contribution in [2.24, 2.45) is 0 Å². The zero-order valence-electron chi connectivity index (χ0n) is 13.6. The third kappa shape index (κ3) is 3.27. The fourth-order valence-corrected chi connectivity index (χ4v) is 4.38. The van der Waals surface area contributed by atoms with E-state index >= 15 is 0 Å². The van der Waals surface area contributed by atoms with Crippen LogP contribution < -0.4 is 10.0 Å². The van der Waals surface area contributed by atoms with Crippen LogP contribution in [0.5, 0.6) is 0 Å². The van der Waals surface area contributed by atoms with Gasteiger partial charge >= 0.3 is 0 Å². The van der Waals surface area contributed by atoms with E-state index in [1.54, 1.807) is 24.3 Å². The SMILES string of the molecule is Cc1ccc(NS(=O)(=O)c2ccc3c(c2)NC(=O)[C@H](C)S3)cc1C. The molecule has 3 rings (SSSR count). The van der Waals surface area contributed by atoms with Crippen LogP contribution in [0.2, 0.25) is 0 Å². The lowest BCUT2D eigenvalue weighted by molar-refractivity contribution is -0.115. The highest BCUT2D eigenvalue weighted by Gasteiger charge is 2.25. The molecule has 0 aromatic heterocycles. The Morgan fingerprint density at radius 3 is 2.54 bits per heavy atom. The van der Waals surface area contributed by atoms with Gasteiger partial charge in [0.25, 0.3) is 10.0 Å². The van der Waals surface area contributed by atoms with Crippen LogP contribution in [0.1, 0.15) is 18.1 Å². The first-order valence-electron chi connectivity index (χ1n) is 7.48. The van der Waals surface area contributed by atoms with Crippen LogP contribution in [0, 0.1) is 13.8 Å². The quantitative estimate of drug-likeness (QED) is 0.876. The predicted octanol–water partition coefficient (Wildman–Crippen LogP) is 3.54. The van der Waals surface area contributed by atoms with Crippen molar-refractivity contribution < 1.29 is 13.2 Å². The van der Waals surface area contributed by atoms with Gasteiger partial charge in [-0.3, -0.25) is 9.52 Å². The van der Waals surface area contributed by atoms with Gasteiger partial charge in [-0.05, 0) is 62.2 Å². The summed E-state index contributed by atoms with van der Waals surface area (Å²) in [7, 11) is -3.72. The lowest BCUT2D eigenvalue weighted by atomic mass is 10.1. The van der Waals surface area contributed by atoms with Crippen LogP contribution in [-0.4, -0.2) is 19.6 Å². The first-order chi connectivity index (χ1) is 11.3. The van der Waals surface area contributed by atoms with Gasteiger partial charge < -0.3 is 5.32 Å². The molecule has 0 spiro atoms. The molecule has 5 nitrogen and oxygen atoms in total. The van der Waals surface area contributed by atoms with Gasteiger partial charge in [-0.2, -0.15) is 0 Å². The molecule has 1 aliphatic rings. The number of rotatable bonds is 3. The van der Waals surface area contributed by atoms with E-state index in [2.05, 4.69) is 10.0 Å². The van der Waals surface area contributed by atoms with Crippen molar-refractivity contribution >= 4 is 39.1 Å². The van der Waals surface area contributed by atoms with E-state index in [9.17, 15) is 13.2 Å². The van der Waals surface area contributed by atoms with E-state index < -0.39 is 10.0 Å². The molecule has 0 fully saturated rings. The molecule has 1 heterocycles. The van der Waals surface area contributed by atoms with Gasteiger partial charge in [0.1, 0.15) is 0 Å². The number of aryl methyl sites for hydroxylation is 2. The smallest absolute Gasteiger partial charge is 0.261 e. The topological polar surface area (TPSA) is 75.3 Å². The Hall–Kier alpha value is -1.99. The number of thioether (sulfide) groups is 1. The molecule has 2 aromatic rings. The van der Waals surface area contributed by atoms with Crippen LogP contribution >= 0.6 is 11.8 Å². The minimum atomic E-state index is -3.72. The second-order valence-electron chi connectivity index (χ2n) is 5.81. The van der Waals surface area contributed by atoms with Crippen molar-refractivity contribution in [3.63, 3.8) is 0 Å². The highest BCUT2D eigenvalue weighted by atomic mass is 32.2. The number of carbonyl (C=O) groups is 1. The summed E-state index contributed by atoms with van der Waals surface area (Å²) in [5.41, 5.74) is 3.16. The summed E-state index contributed by atoms with van der Waals surface area (Å²) in [6.07, 6.45) is 0. The van der Waals surface area contributed by atoms with E-state index in [-0.39, 0.29) is 16.1 Å². The van der Waals surface area contributed by atoms with Crippen LogP contribution in [-0.2, 0) is 14.8 Å². The molecule has 24 heavy (non-hydrogen) atoms. The van der Waals surface area contributed by atoms with Crippen molar-refractivity contribution in [2.45, 2.75) is 35.8 Å². The van der Waals surface area contributed by atoms with Crippen molar-refractivity contribution in [3.8, 4) is 0 Å². The average Bonchev–Trinajstić information content (AvgIpc) is 2.51. The molecule has 0 radical (unpaired) electrons. The zero-order chi connectivity index (χ0) is 17.5. The summed E-state index contributed by atoms with van der Waals surface area (Å²) < 4.78 is 27.8. The number of hydrogen-bond donors (Lipinski definition) is 2. The maximum atomic E-state index is 12.6. The van der Waals surface area contributed by atoms with Crippen molar-refractivity contribution in [2.75, 3.05) is 10.0 Å². The van der Waals surface area contributed by atoms with Gasteiger partial charge in [-0.1, -0.05) is 6.07 Å². The molecular formula is C17H18N2O3S2. The predicted molar refractivity (Wildman–Crippen MR) is 97.1 cm³/mol. The number of anilines is 2. The summed E-state index contributed by atoms with van der Waals surface area (Å²) in [6.45, 7) is 5.72. The molecule has 126 valence electrons. The largest absolute Gasteiger partial charge is 0.324 e. The number of hydrogen-bond acceptors (Lipinski definition) is 4. The summed E-state index contributed by atoms with van der Waals surface area (Å²) in [5.74, 6) is -0.121. The molecule has 0 aliphatic carbocycles. The maximum absolute atomic E-state index is 12.6. The summed E-state index contributed by atoms with van der Waals surface area (Å²) in [4.78, 5) is 12.8. The van der Waals surface area contributed by atoms with E-state index in [0.717, 1.165) is 16.0 Å². The molecule has 0 saturated carbocycles. The van der Waals surface area contributed by atoms with Gasteiger partial charge in [0.2, 0.25) is 5.91 Å². The molecule has 7 heteroatoms. The van der Waals surface area contributed by atoms with Gasteiger partial charge in [-0.25, -0.2) is 8.42 Å². The minimum Gasteiger partial charge on any atom is -0.324 e. The molecule has 1 amide bonds. The summed E-state index contributed by atoms with van der Waals surface area (Å²) in [5, 5.41) is 2.56. The Morgan fingerprint density at radius 1 is 1.08 bits per heavy atom. The van der Waals surface area contributed by atoms with E-state index in [0.29, 0.717) is 11.4 Å². The lowest BCUT2D eigenvalue weighted by Crippen LogP contribution is -2.26. The number of sulfonamides is 1. The van der Waals surface area contributed by atoms with E-state index in [1.165, 1.54) is 17.8 Å². The first-order valence-corrected chi connectivity index (χ1v) is 9.84. The Balaban J connectivity index is 1.91. The fourth-order valence-electron chi connectivity index (χ4n) is 2.37. The fraction of sp³-hybridized carbons (Fsp3) is 0.235. The molecule has 1 aliphatic heterocycles. The van der Waals surface area contributed by atoms with Crippen LogP contribution in [0.25, 0.3) is 0 Å². The highest BCUT2D eigenvalue weighted by molar-refractivity contribution is 8.01. The molecular weight excluding hydrogens is 344 g/mol. The molecule has 2 N–H and O–H groups in total. The van der Waals surface area contributed by atoms with Gasteiger partial charge in [0.05, 0.1) is 15.8 Å². The standard InChI is InChI=1S/C17H18N2O3S2/c1-10-4-5-13(8-11(10)2)19-24(21,22)14-6-7-16-15(9-14)18-17(20)12(3)23-16/h4-9,12,19H,1-3H3,(H,18,20)/t12-/m0/s1. The average molecular weight is 362 g/mol. The highest BCUT2D eigenvalue weighted by Crippen LogP contribution is 2.37. The molecule has 1 atom stereocenters.